The number of nitrogens with one attached hydrogen (secondary N) is 1. The Labute approximate surface area is 140 Å². The van der Waals surface area contributed by atoms with Crippen LogP contribution in [0.4, 0.5) is 17.1 Å². The minimum atomic E-state index is 0.475. The van der Waals surface area contributed by atoms with Crippen molar-refractivity contribution in [2.75, 3.05) is 11.2 Å². The highest BCUT2D eigenvalue weighted by atomic mass is 15.3. The lowest BCUT2D eigenvalue weighted by Crippen LogP contribution is -2.01. The van der Waals surface area contributed by atoms with E-state index in [1.807, 2.05) is 78.9 Å². The maximum Gasteiger partial charge on any atom is 0.201 e. The second-order valence-corrected chi connectivity index (χ2v) is 5.04. The first-order chi connectivity index (χ1) is 11.8. The smallest absolute Gasteiger partial charge is 0.201 e. The Balaban J connectivity index is 1.89. The molecule has 0 bridgehead atoms. The Morgan fingerprint density at radius 2 is 1.38 bits per heavy atom. The summed E-state index contributed by atoms with van der Waals surface area (Å²) >= 11 is 0. The zero-order valence-electron chi connectivity index (χ0n) is 13.0. The highest BCUT2D eigenvalue weighted by Crippen LogP contribution is 2.21. The number of azo groups is 1. The second kappa shape index (κ2) is 7.69. The van der Waals surface area contributed by atoms with Crippen molar-refractivity contribution >= 4 is 22.9 Å². The summed E-state index contributed by atoms with van der Waals surface area (Å²) in [4.78, 5) is 0. The minimum absolute atomic E-state index is 0.475. The fourth-order valence-corrected chi connectivity index (χ4v) is 2.04. The van der Waals surface area contributed by atoms with Crippen LogP contribution in [0.15, 0.2) is 100 Å². The van der Waals surface area contributed by atoms with Gasteiger partial charge < -0.3 is 5.73 Å². The molecular formula is C19H17N5. The Hall–Kier alpha value is -3.47. The van der Waals surface area contributed by atoms with Gasteiger partial charge in [0, 0.05) is 5.56 Å². The van der Waals surface area contributed by atoms with Gasteiger partial charge in [-0.2, -0.15) is 5.10 Å². The molecule has 24 heavy (non-hydrogen) atoms. The first-order valence-electron chi connectivity index (χ1n) is 7.53. The van der Waals surface area contributed by atoms with Crippen LogP contribution in [-0.4, -0.2) is 5.84 Å². The summed E-state index contributed by atoms with van der Waals surface area (Å²) in [5.74, 6) is 0.475. The van der Waals surface area contributed by atoms with Crippen LogP contribution in [0, 0.1) is 0 Å². The topological polar surface area (TPSA) is 75.1 Å². The molecule has 0 aliphatic heterocycles. The van der Waals surface area contributed by atoms with Gasteiger partial charge in [-0.3, -0.25) is 5.43 Å². The third-order valence-corrected chi connectivity index (χ3v) is 3.29. The molecule has 5 heteroatoms. The van der Waals surface area contributed by atoms with E-state index in [1.54, 1.807) is 6.07 Å². The number of hydrazone groups is 1. The van der Waals surface area contributed by atoms with Crippen LogP contribution in [0.25, 0.3) is 0 Å². The number of nitrogens with two attached hydrogens (primary N) is 1. The first-order valence-corrected chi connectivity index (χ1v) is 7.53. The van der Waals surface area contributed by atoms with Gasteiger partial charge in [0.15, 0.2) is 0 Å². The van der Waals surface area contributed by atoms with Crippen molar-refractivity contribution in [3.8, 4) is 0 Å². The fraction of sp³-hybridized carbons (Fsp3) is 0. The van der Waals surface area contributed by atoms with Gasteiger partial charge in [-0.05, 0) is 24.3 Å². The maximum atomic E-state index is 5.90. The van der Waals surface area contributed by atoms with Crippen LogP contribution >= 0.6 is 0 Å². The third-order valence-electron chi connectivity index (χ3n) is 3.29. The summed E-state index contributed by atoms with van der Waals surface area (Å²) in [6, 6.07) is 26.7. The Bertz CT molecular complexity index is 842. The molecule has 0 aliphatic rings. The van der Waals surface area contributed by atoms with Crippen LogP contribution in [0.1, 0.15) is 5.56 Å². The highest BCUT2D eigenvalue weighted by molar-refractivity contribution is 5.99. The van der Waals surface area contributed by atoms with E-state index in [0.717, 1.165) is 11.3 Å². The largest absolute Gasteiger partial charge is 0.397 e. The van der Waals surface area contributed by atoms with Gasteiger partial charge in [0.25, 0.3) is 0 Å². The molecule has 0 heterocycles. The van der Waals surface area contributed by atoms with Crippen molar-refractivity contribution in [2.24, 2.45) is 15.3 Å². The van der Waals surface area contributed by atoms with E-state index in [1.165, 1.54) is 0 Å². The number of amidine groups is 1. The van der Waals surface area contributed by atoms with Crippen LogP contribution in [0.3, 0.4) is 0 Å². The minimum Gasteiger partial charge on any atom is -0.397 e. The summed E-state index contributed by atoms with van der Waals surface area (Å²) in [7, 11) is 0. The van der Waals surface area contributed by atoms with Gasteiger partial charge in [-0.15, -0.1) is 10.2 Å². The average Bonchev–Trinajstić information content (AvgIpc) is 2.65. The molecule has 0 unspecified atom stereocenters. The van der Waals surface area contributed by atoms with E-state index in [2.05, 4.69) is 20.8 Å². The first kappa shape index (κ1) is 15.4. The van der Waals surface area contributed by atoms with Gasteiger partial charge in [-0.25, -0.2) is 0 Å². The summed E-state index contributed by atoms with van der Waals surface area (Å²) < 4.78 is 0. The van der Waals surface area contributed by atoms with Gasteiger partial charge >= 0.3 is 0 Å². The molecule has 3 rings (SSSR count). The predicted octanol–water partition coefficient (Wildman–Crippen LogP) is 4.83. The summed E-state index contributed by atoms with van der Waals surface area (Å²) in [6.07, 6.45) is 0. The Morgan fingerprint density at radius 1 is 0.750 bits per heavy atom. The van der Waals surface area contributed by atoms with Crippen LogP contribution in [0.5, 0.6) is 0 Å². The average molecular weight is 315 g/mol. The van der Waals surface area contributed by atoms with Crippen LogP contribution in [-0.2, 0) is 0 Å². The van der Waals surface area contributed by atoms with Crippen molar-refractivity contribution < 1.29 is 0 Å². The number of anilines is 2. The van der Waals surface area contributed by atoms with Crippen molar-refractivity contribution in [3.63, 3.8) is 0 Å². The molecule has 118 valence electrons. The number of nitrogen functional groups attached to an aromatic ring is 1. The van der Waals surface area contributed by atoms with Gasteiger partial charge in [0.05, 0.1) is 11.4 Å². The maximum absolute atomic E-state index is 5.90. The molecule has 0 saturated carbocycles. The molecule has 0 fully saturated rings. The normalized spacial score (nSPS) is 11.6. The zero-order valence-corrected chi connectivity index (χ0v) is 13.0. The lowest BCUT2D eigenvalue weighted by Gasteiger charge is -2.03. The number of nitrogens with zero attached hydrogens (tertiary/aromatic N) is 3. The molecule has 0 aromatic heterocycles. The van der Waals surface area contributed by atoms with E-state index in [9.17, 15) is 0 Å². The number of benzene rings is 3. The summed E-state index contributed by atoms with van der Waals surface area (Å²) in [5, 5.41) is 12.9. The number of rotatable bonds is 4. The van der Waals surface area contributed by atoms with Gasteiger partial charge in [0.1, 0.15) is 5.69 Å². The molecule has 0 atom stereocenters. The standard InChI is InChI=1S/C19H17N5/c20-17-13-7-8-14-18(17)22-24-19(15-9-3-1-4-10-15)23-21-16-11-5-2-6-12-16/h1-14,21H,20H2/b23-19+,24-22?. The van der Waals surface area contributed by atoms with E-state index >= 15 is 0 Å². The van der Waals surface area contributed by atoms with E-state index in [-0.39, 0.29) is 0 Å². The molecule has 0 spiro atoms. The summed E-state index contributed by atoms with van der Waals surface area (Å²) in [6.45, 7) is 0. The lowest BCUT2D eigenvalue weighted by molar-refractivity contribution is 1.22. The van der Waals surface area contributed by atoms with E-state index < -0.39 is 0 Å². The third kappa shape index (κ3) is 4.04. The van der Waals surface area contributed by atoms with Crippen molar-refractivity contribution in [3.05, 3.63) is 90.5 Å². The van der Waals surface area contributed by atoms with Crippen molar-refractivity contribution in [1.82, 2.24) is 0 Å². The fourth-order valence-electron chi connectivity index (χ4n) is 2.04. The predicted molar refractivity (Wildman–Crippen MR) is 98.4 cm³/mol. The molecule has 0 aliphatic carbocycles. The van der Waals surface area contributed by atoms with Crippen LogP contribution < -0.4 is 11.2 Å². The number of para-hydroxylation sites is 2. The molecule has 3 aromatic carbocycles. The SMILES string of the molecule is Nc1ccccc1N=N/C(=N/Nc1ccccc1)c1ccccc1. The highest BCUT2D eigenvalue weighted by Gasteiger charge is 2.03. The lowest BCUT2D eigenvalue weighted by atomic mass is 10.2. The molecular weight excluding hydrogens is 298 g/mol. The summed E-state index contributed by atoms with van der Waals surface area (Å²) in [5.41, 5.74) is 11.8. The molecule has 0 saturated heterocycles. The van der Waals surface area contributed by atoms with Crippen molar-refractivity contribution in [1.29, 1.82) is 0 Å². The van der Waals surface area contributed by atoms with Crippen LogP contribution in [0.2, 0.25) is 0 Å². The molecule has 3 N–H and O–H groups in total. The van der Waals surface area contributed by atoms with Gasteiger partial charge in [0.2, 0.25) is 5.84 Å². The quantitative estimate of drug-likeness (QED) is 0.238. The molecule has 5 nitrogen and oxygen atoms in total. The molecule has 0 amide bonds. The second-order valence-electron chi connectivity index (χ2n) is 5.04. The number of hydrogen-bond donors (Lipinski definition) is 2. The number of hydrogen-bond acceptors (Lipinski definition) is 4. The molecule has 0 radical (unpaired) electrons. The van der Waals surface area contributed by atoms with Crippen molar-refractivity contribution in [2.45, 2.75) is 0 Å². The monoisotopic (exact) mass is 315 g/mol. The van der Waals surface area contributed by atoms with E-state index in [4.69, 9.17) is 5.73 Å². The van der Waals surface area contributed by atoms with E-state index in [0.29, 0.717) is 17.2 Å². The zero-order chi connectivity index (χ0) is 16.6. The molecule has 3 aromatic rings. The Morgan fingerprint density at radius 3 is 2.08 bits per heavy atom. The Kier molecular flexibility index (Phi) is 4.94. The van der Waals surface area contributed by atoms with Gasteiger partial charge in [-0.1, -0.05) is 60.7 Å².